The lowest BCUT2D eigenvalue weighted by molar-refractivity contribution is -0.0469. The Morgan fingerprint density at radius 2 is 2.10 bits per heavy atom. The lowest BCUT2D eigenvalue weighted by Gasteiger charge is -2.09. The molecule has 2 aromatic rings. The minimum Gasteiger partial charge on any atom is -0.378 e. The lowest BCUT2D eigenvalue weighted by atomic mass is 10.1. The second kappa shape index (κ2) is 6.35. The van der Waals surface area contributed by atoms with E-state index in [2.05, 4.69) is 41.5 Å². The maximum atomic E-state index is 5.45. The van der Waals surface area contributed by atoms with Gasteiger partial charge in [0, 0.05) is 11.1 Å². The summed E-state index contributed by atoms with van der Waals surface area (Å²) in [6.07, 6.45) is 0.749. The summed E-state index contributed by atoms with van der Waals surface area (Å²) in [4.78, 5) is 4.57. The summed E-state index contributed by atoms with van der Waals surface area (Å²) in [5.74, 6) is 0. The van der Waals surface area contributed by atoms with Gasteiger partial charge in [-0.25, -0.2) is 4.98 Å². The van der Waals surface area contributed by atoms with Crippen molar-refractivity contribution in [3.63, 3.8) is 0 Å². The van der Waals surface area contributed by atoms with E-state index in [1.807, 2.05) is 5.38 Å². The number of benzene rings is 1. The first-order valence-corrected chi connectivity index (χ1v) is 7.74. The molecule has 106 valence electrons. The van der Waals surface area contributed by atoms with Crippen molar-refractivity contribution < 1.29 is 9.47 Å². The normalized spacial score (nSPS) is 15.7. The van der Waals surface area contributed by atoms with E-state index in [9.17, 15) is 0 Å². The largest absolute Gasteiger partial charge is 0.378 e. The smallest absolute Gasteiger partial charge is 0.202 e. The third-order valence-electron chi connectivity index (χ3n) is 3.26. The van der Waals surface area contributed by atoms with Crippen molar-refractivity contribution in [1.82, 2.24) is 4.98 Å². The summed E-state index contributed by atoms with van der Waals surface area (Å²) in [6, 6.07) is 8.38. The van der Waals surface area contributed by atoms with Crippen LogP contribution in [0, 0.1) is 0 Å². The molecule has 0 amide bonds. The monoisotopic (exact) mass is 290 g/mol. The summed E-state index contributed by atoms with van der Waals surface area (Å²) in [7, 11) is 0. The molecule has 0 radical (unpaired) electrons. The van der Waals surface area contributed by atoms with Crippen LogP contribution in [0.4, 0.5) is 5.69 Å². The number of para-hydroxylation sites is 1. The van der Waals surface area contributed by atoms with Crippen LogP contribution < -0.4 is 5.32 Å². The molecular weight excluding hydrogens is 272 g/mol. The van der Waals surface area contributed by atoms with Gasteiger partial charge in [0.25, 0.3) is 0 Å². The highest BCUT2D eigenvalue weighted by Gasteiger charge is 2.20. The predicted octanol–water partition coefficient (Wildman–Crippen LogP) is 3.36. The molecule has 4 nitrogen and oxygen atoms in total. The second-order valence-electron chi connectivity index (χ2n) is 4.60. The van der Waals surface area contributed by atoms with Gasteiger partial charge in [-0.3, -0.25) is 0 Å². The molecule has 3 rings (SSSR count). The summed E-state index contributed by atoms with van der Waals surface area (Å²) < 4.78 is 10.9. The highest BCUT2D eigenvalue weighted by Crippen LogP contribution is 2.25. The fraction of sp³-hybridized carbons (Fsp3) is 0.400. The summed E-state index contributed by atoms with van der Waals surface area (Å²) in [6.45, 7) is 4.20. The maximum absolute atomic E-state index is 5.45. The van der Waals surface area contributed by atoms with Gasteiger partial charge >= 0.3 is 0 Å². The van der Waals surface area contributed by atoms with Crippen LogP contribution in [0.2, 0.25) is 0 Å². The van der Waals surface area contributed by atoms with E-state index >= 15 is 0 Å². The van der Waals surface area contributed by atoms with Crippen LogP contribution in [0.25, 0.3) is 0 Å². The minimum atomic E-state index is -0.275. The lowest BCUT2D eigenvalue weighted by Crippen LogP contribution is -2.03. The van der Waals surface area contributed by atoms with Crippen molar-refractivity contribution in [3.8, 4) is 0 Å². The molecule has 0 saturated carbocycles. The Kier molecular flexibility index (Phi) is 4.30. The molecule has 5 heteroatoms. The predicted molar refractivity (Wildman–Crippen MR) is 79.9 cm³/mol. The van der Waals surface area contributed by atoms with E-state index in [1.54, 1.807) is 11.3 Å². The standard InChI is InChI=1S/C15H18N2O2S/c1-2-11-5-3-4-6-12(11)16-9-14-17-13(10-20-14)15-18-7-8-19-15/h3-6,10,15-16H,2,7-9H2,1H3. The SMILES string of the molecule is CCc1ccccc1NCc1nc(C2OCCO2)cs1. The topological polar surface area (TPSA) is 43.4 Å². The van der Waals surface area contributed by atoms with E-state index in [0.29, 0.717) is 13.2 Å². The Hall–Kier alpha value is -1.43. The zero-order chi connectivity index (χ0) is 13.8. The average molecular weight is 290 g/mol. The number of hydrogen-bond acceptors (Lipinski definition) is 5. The highest BCUT2D eigenvalue weighted by atomic mass is 32.1. The molecule has 1 fully saturated rings. The van der Waals surface area contributed by atoms with E-state index in [-0.39, 0.29) is 6.29 Å². The van der Waals surface area contributed by atoms with Crippen molar-refractivity contribution >= 4 is 17.0 Å². The van der Waals surface area contributed by atoms with Crippen molar-refractivity contribution in [3.05, 3.63) is 45.9 Å². The van der Waals surface area contributed by atoms with Gasteiger partial charge in [-0.2, -0.15) is 0 Å². The van der Waals surface area contributed by atoms with E-state index in [4.69, 9.17) is 9.47 Å². The van der Waals surface area contributed by atoms with Crippen LogP contribution >= 0.6 is 11.3 Å². The number of aromatic nitrogens is 1. The van der Waals surface area contributed by atoms with Crippen LogP contribution in [0.1, 0.15) is 29.5 Å². The average Bonchev–Trinajstić information content (AvgIpc) is 3.16. The van der Waals surface area contributed by atoms with Gasteiger partial charge in [0.15, 0.2) is 0 Å². The van der Waals surface area contributed by atoms with Gasteiger partial charge in [-0.15, -0.1) is 11.3 Å². The van der Waals surface area contributed by atoms with Gasteiger partial charge in [0.1, 0.15) is 10.7 Å². The molecule has 0 atom stereocenters. The molecule has 0 bridgehead atoms. The molecule has 1 aliphatic heterocycles. The molecule has 1 aromatic carbocycles. The third kappa shape index (κ3) is 3.00. The van der Waals surface area contributed by atoms with Crippen molar-refractivity contribution in [1.29, 1.82) is 0 Å². The zero-order valence-electron chi connectivity index (χ0n) is 11.5. The number of nitrogens with one attached hydrogen (secondary N) is 1. The number of ether oxygens (including phenoxy) is 2. The van der Waals surface area contributed by atoms with Crippen molar-refractivity contribution in [2.24, 2.45) is 0 Å². The number of anilines is 1. The van der Waals surface area contributed by atoms with Crippen LogP contribution in [0.5, 0.6) is 0 Å². The van der Waals surface area contributed by atoms with Crippen molar-refractivity contribution in [2.45, 2.75) is 26.2 Å². The van der Waals surface area contributed by atoms with Gasteiger partial charge < -0.3 is 14.8 Å². The van der Waals surface area contributed by atoms with E-state index in [1.165, 1.54) is 11.3 Å². The fourth-order valence-corrected chi connectivity index (χ4v) is 2.95. The van der Waals surface area contributed by atoms with E-state index in [0.717, 1.165) is 23.7 Å². The number of aryl methyl sites for hydroxylation is 1. The molecule has 0 spiro atoms. The quantitative estimate of drug-likeness (QED) is 0.917. The number of nitrogens with zero attached hydrogens (tertiary/aromatic N) is 1. The van der Waals surface area contributed by atoms with E-state index < -0.39 is 0 Å². The Balaban J connectivity index is 1.63. The molecule has 1 N–H and O–H groups in total. The second-order valence-corrected chi connectivity index (χ2v) is 5.55. The summed E-state index contributed by atoms with van der Waals surface area (Å²) >= 11 is 1.64. The molecule has 20 heavy (non-hydrogen) atoms. The van der Waals surface area contributed by atoms with Gasteiger partial charge in [0.2, 0.25) is 6.29 Å². The Morgan fingerprint density at radius 1 is 1.30 bits per heavy atom. The summed E-state index contributed by atoms with van der Waals surface area (Å²) in [5, 5.41) is 6.51. The molecule has 1 saturated heterocycles. The molecular formula is C15H18N2O2S. The molecule has 1 aliphatic rings. The van der Waals surface area contributed by atoms with Crippen LogP contribution in [-0.4, -0.2) is 18.2 Å². The molecule has 0 aliphatic carbocycles. The number of rotatable bonds is 5. The Labute approximate surface area is 122 Å². The number of thiazole rings is 1. The van der Waals surface area contributed by atoms with Gasteiger partial charge in [-0.1, -0.05) is 25.1 Å². The first-order chi connectivity index (χ1) is 9.86. The van der Waals surface area contributed by atoms with Crippen LogP contribution in [0.15, 0.2) is 29.6 Å². The Bertz CT molecular complexity index is 565. The molecule has 0 unspecified atom stereocenters. The first-order valence-electron chi connectivity index (χ1n) is 6.86. The minimum absolute atomic E-state index is 0.275. The maximum Gasteiger partial charge on any atom is 0.202 e. The molecule has 2 heterocycles. The van der Waals surface area contributed by atoms with Crippen molar-refractivity contribution in [2.75, 3.05) is 18.5 Å². The van der Waals surface area contributed by atoms with Crippen LogP contribution in [0.3, 0.4) is 0 Å². The zero-order valence-corrected chi connectivity index (χ0v) is 12.3. The molecule has 1 aromatic heterocycles. The third-order valence-corrected chi connectivity index (χ3v) is 4.13. The number of hydrogen-bond donors (Lipinski definition) is 1. The van der Waals surface area contributed by atoms with Gasteiger partial charge in [0.05, 0.1) is 19.8 Å². The van der Waals surface area contributed by atoms with Gasteiger partial charge in [-0.05, 0) is 18.1 Å². The summed E-state index contributed by atoms with van der Waals surface area (Å²) in [5.41, 5.74) is 3.39. The van der Waals surface area contributed by atoms with Crippen LogP contribution in [-0.2, 0) is 22.4 Å². The first kappa shape index (κ1) is 13.5. The highest BCUT2D eigenvalue weighted by molar-refractivity contribution is 7.09. The Morgan fingerprint density at radius 3 is 2.90 bits per heavy atom. The fourth-order valence-electron chi connectivity index (χ4n) is 2.22.